The van der Waals surface area contributed by atoms with E-state index in [1.54, 1.807) is 6.20 Å². The molecule has 1 aromatic rings. The minimum atomic E-state index is 0.238. The summed E-state index contributed by atoms with van der Waals surface area (Å²) in [6.45, 7) is 6.59. The Balaban J connectivity index is 2.68. The fourth-order valence-electron chi connectivity index (χ4n) is 1.14. The largest absolute Gasteiger partial charge is 0.383 e. The van der Waals surface area contributed by atoms with E-state index in [0.717, 1.165) is 18.4 Å². The highest BCUT2D eigenvalue weighted by Crippen LogP contribution is 2.22. The first-order valence-corrected chi connectivity index (χ1v) is 4.75. The second-order valence-corrected chi connectivity index (χ2v) is 4.70. The van der Waals surface area contributed by atoms with Crippen LogP contribution < -0.4 is 11.5 Å². The molecule has 0 saturated carbocycles. The Bertz CT molecular complexity index is 314. The molecule has 0 spiro atoms. The SMILES string of the molecule is CC(C)(C)CCc1cnc(N)nc1N. The third-order valence-corrected chi connectivity index (χ3v) is 2.06. The molecule has 0 amide bonds. The summed E-state index contributed by atoms with van der Waals surface area (Å²) in [7, 11) is 0. The zero-order valence-electron chi connectivity index (χ0n) is 9.04. The molecule has 0 atom stereocenters. The summed E-state index contributed by atoms with van der Waals surface area (Å²) < 4.78 is 0. The van der Waals surface area contributed by atoms with Crippen LogP contribution >= 0.6 is 0 Å². The van der Waals surface area contributed by atoms with Crippen LogP contribution in [-0.4, -0.2) is 9.97 Å². The number of aryl methyl sites for hydroxylation is 1. The van der Waals surface area contributed by atoms with Crippen molar-refractivity contribution in [3.05, 3.63) is 11.8 Å². The number of hydrogen-bond donors (Lipinski definition) is 2. The molecule has 0 fully saturated rings. The van der Waals surface area contributed by atoms with Crippen LogP contribution in [0.1, 0.15) is 32.8 Å². The number of nitrogens with two attached hydrogens (primary N) is 2. The molecular weight excluding hydrogens is 176 g/mol. The van der Waals surface area contributed by atoms with E-state index in [0.29, 0.717) is 11.2 Å². The van der Waals surface area contributed by atoms with Crippen LogP contribution in [0, 0.1) is 5.41 Å². The fraction of sp³-hybridized carbons (Fsp3) is 0.600. The van der Waals surface area contributed by atoms with Crippen LogP contribution in [0.2, 0.25) is 0 Å². The Morgan fingerprint density at radius 1 is 1.29 bits per heavy atom. The summed E-state index contributed by atoms with van der Waals surface area (Å²) in [4.78, 5) is 7.85. The fourth-order valence-corrected chi connectivity index (χ4v) is 1.14. The topological polar surface area (TPSA) is 77.8 Å². The van der Waals surface area contributed by atoms with Gasteiger partial charge in [0.2, 0.25) is 5.95 Å². The second-order valence-electron chi connectivity index (χ2n) is 4.70. The smallest absolute Gasteiger partial charge is 0.221 e. The van der Waals surface area contributed by atoms with Crippen molar-refractivity contribution >= 4 is 11.8 Å². The highest BCUT2D eigenvalue weighted by Gasteiger charge is 2.11. The number of rotatable bonds is 2. The van der Waals surface area contributed by atoms with Gasteiger partial charge in [0.15, 0.2) is 0 Å². The van der Waals surface area contributed by atoms with Crippen LogP contribution in [-0.2, 0) is 6.42 Å². The molecule has 0 bridgehead atoms. The number of nitrogen functional groups attached to an aromatic ring is 2. The predicted molar refractivity (Wildman–Crippen MR) is 58.6 cm³/mol. The van der Waals surface area contributed by atoms with E-state index in [-0.39, 0.29) is 5.95 Å². The molecule has 1 rings (SSSR count). The molecule has 4 nitrogen and oxygen atoms in total. The Kier molecular flexibility index (Phi) is 2.93. The normalized spacial score (nSPS) is 11.6. The van der Waals surface area contributed by atoms with Crippen LogP contribution in [0.4, 0.5) is 11.8 Å². The first kappa shape index (κ1) is 10.8. The molecule has 14 heavy (non-hydrogen) atoms. The second kappa shape index (κ2) is 3.82. The molecule has 0 radical (unpaired) electrons. The van der Waals surface area contributed by atoms with Gasteiger partial charge in [-0.1, -0.05) is 20.8 Å². The van der Waals surface area contributed by atoms with Gasteiger partial charge in [0.25, 0.3) is 0 Å². The van der Waals surface area contributed by atoms with Crippen molar-refractivity contribution in [1.29, 1.82) is 0 Å². The van der Waals surface area contributed by atoms with Gasteiger partial charge in [-0.3, -0.25) is 0 Å². The lowest BCUT2D eigenvalue weighted by molar-refractivity contribution is 0.378. The van der Waals surface area contributed by atoms with E-state index in [2.05, 4.69) is 30.7 Å². The zero-order valence-corrected chi connectivity index (χ0v) is 9.04. The molecule has 4 heteroatoms. The monoisotopic (exact) mass is 194 g/mol. The van der Waals surface area contributed by atoms with Crippen molar-refractivity contribution in [3.8, 4) is 0 Å². The molecule has 4 N–H and O–H groups in total. The minimum absolute atomic E-state index is 0.238. The van der Waals surface area contributed by atoms with Gasteiger partial charge in [0.05, 0.1) is 0 Å². The quantitative estimate of drug-likeness (QED) is 0.750. The van der Waals surface area contributed by atoms with Crippen molar-refractivity contribution < 1.29 is 0 Å². The summed E-state index contributed by atoms with van der Waals surface area (Å²) in [5.74, 6) is 0.740. The summed E-state index contributed by atoms with van der Waals surface area (Å²) in [5.41, 5.74) is 12.4. The molecule has 0 aliphatic rings. The Morgan fingerprint density at radius 2 is 1.93 bits per heavy atom. The first-order valence-electron chi connectivity index (χ1n) is 4.75. The van der Waals surface area contributed by atoms with Gasteiger partial charge in [-0.15, -0.1) is 0 Å². The molecule has 1 heterocycles. The number of nitrogens with zero attached hydrogens (tertiary/aromatic N) is 2. The summed E-state index contributed by atoms with van der Waals surface area (Å²) in [5, 5.41) is 0. The van der Waals surface area contributed by atoms with E-state index in [1.165, 1.54) is 0 Å². The van der Waals surface area contributed by atoms with Crippen LogP contribution in [0.5, 0.6) is 0 Å². The summed E-state index contributed by atoms with van der Waals surface area (Å²) >= 11 is 0. The summed E-state index contributed by atoms with van der Waals surface area (Å²) in [6.07, 6.45) is 3.67. The van der Waals surface area contributed by atoms with E-state index >= 15 is 0 Å². The lowest BCUT2D eigenvalue weighted by atomic mass is 9.89. The molecule has 0 aliphatic heterocycles. The number of hydrogen-bond acceptors (Lipinski definition) is 4. The highest BCUT2D eigenvalue weighted by atomic mass is 15.0. The zero-order chi connectivity index (χ0) is 10.8. The minimum Gasteiger partial charge on any atom is -0.383 e. The molecule has 0 aliphatic carbocycles. The third kappa shape index (κ3) is 3.20. The van der Waals surface area contributed by atoms with Gasteiger partial charge < -0.3 is 11.5 Å². The number of anilines is 2. The molecule has 0 aromatic carbocycles. The third-order valence-electron chi connectivity index (χ3n) is 2.06. The van der Waals surface area contributed by atoms with Gasteiger partial charge >= 0.3 is 0 Å². The van der Waals surface area contributed by atoms with Crippen molar-refractivity contribution in [3.63, 3.8) is 0 Å². The Labute approximate surface area is 84.7 Å². The van der Waals surface area contributed by atoms with Gasteiger partial charge in [-0.2, -0.15) is 4.98 Å². The molecule has 0 unspecified atom stereocenters. The maximum atomic E-state index is 5.72. The van der Waals surface area contributed by atoms with E-state index in [4.69, 9.17) is 11.5 Å². The van der Waals surface area contributed by atoms with Crippen molar-refractivity contribution in [2.75, 3.05) is 11.5 Å². The molecule has 0 saturated heterocycles. The van der Waals surface area contributed by atoms with Gasteiger partial charge in [0.1, 0.15) is 5.82 Å². The lowest BCUT2D eigenvalue weighted by Crippen LogP contribution is -2.09. The molecule has 78 valence electrons. The van der Waals surface area contributed by atoms with Crippen LogP contribution in [0.25, 0.3) is 0 Å². The predicted octanol–water partition coefficient (Wildman–Crippen LogP) is 1.62. The van der Waals surface area contributed by atoms with Gasteiger partial charge in [-0.25, -0.2) is 4.98 Å². The van der Waals surface area contributed by atoms with Crippen LogP contribution in [0.15, 0.2) is 6.20 Å². The van der Waals surface area contributed by atoms with Gasteiger partial charge in [-0.05, 0) is 18.3 Å². The number of aromatic nitrogens is 2. The Hall–Kier alpha value is -1.32. The summed E-state index contributed by atoms with van der Waals surface area (Å²) in [6, 6.07) is 0. The molecular formula is C10H18N4. The van der Waals surface area contributed by atoms with E-state index in [1.807, 2.05) is 0 Å². The van der Waals surface area contributed by atoms with Crippen molar-refractivity contribution in [1.82, 2.24) is 9.97 Å². The first-order chi connectivity index (χ1) is 6.38. The maximum Gasteiger partial charge on any atom is 0.221 e. The van der Waals surface area contributed by atoms with E-state index < -0.39 is 0 Å². The average Bonchev–Trinajstić information content (AvgIpc) is 2.00. The highest BCUT2D eigenvalue weighted by molar-refractivity contribution is 5.41. The van der Waals surface area contributed by atoms with Crippen molar-refractivity contribution in [2.45, 2.75) is 33.6 Å². The lowest BCUT2D eigenvalue weighted by Gasteiger charge is -2.17. The standard InChI is InChI=1S/C10H18N4/c1-10(2,3)5-4-7-6-13-9(12)14-8(7)11/h6H,4-5H2,1-3H3,(H4,11,12,13,14). The average molecular weight is 194 g/mol. The maximum absolute atomic E-state index is 5.72. The Morgan fingerprint density at radius 3 is 2.43 bits per heavy atom. The van der Waals surface area contributed by atoms with E-state index in [9.17, 15) is 0 Å². The van der Waals surface area contributed by atoms with Crippen molar-refractivity contribution in [2.24, 2.45) is 5.41 Å². The molecule has 1 aromatic heterocycles. The van der Waals surface area contributed by atoms with Gasteiger partial charge in [0, 0.05) is 11.8 Å². The van der Waals surface area contributed by atoms with Crippen LogP contribution in [0.3, 0.4) is 0 Å².